The van der Waals surface area contributed by atoms with Crippen LogP contribution in [0.4, 0.5) is 0 Å². The molecule has 0 bridgehead atoms. The lowest BCUT2D eigenvalue weighted by molar-refractivity contribution is -0.147. The van der Waals surface area contributed by atoms with Gasteiger partial charge < -0.3 is 9.47 Å². The van der Waals surface area contributed by atoms with E-state index in [0.29, 0.717) is 6.61 Å². The van der Waals surface area contributed by atoms with Crippen molar-refractivity contribution in [3.8, 4) is 0 Å². The van der Waals surface area contributed by atoms with Crippen LogP contribution in [0, 0.1) is 26.7 Å². The largest absolute Gasteiger partial charge is 0.469 e. The molecule has 0 N–H and O–H groups in total. The van der Waals surface area contributed by atoms with Gasteiger partial charge in [-0.05, 0) is 63.1 Å². The van der Waals surface area contributed by atoms with Crippen LogP contribution in [0.25, 0.3) is 0 Å². The molecular weight excluding hydrogens is 264 g/mol. The van der Waals surface area contributed by atoms with Crippen molar-refractivity contribution in [2.24, 2.45) is 5.92 Å². The molecule has 1 aromatic rings. The van der Waals surface area contributed by atoms with Crippen LogP contribution in [-0.4, -0.2) is 19.2 Å². The highest BCUT2D eigenvalue weighted by Crippen LogP contribution is 2.28. The van der Waals surface area contributed by atoms with Gasteiger partial charge in [0.2, 0.25) is 0 Å². The Morgan fingerprint density at radius 2 is 1.67 bits per heavy atom. The molecule has 0 amide bonds. The topological polar surface area (TPSA) is 35.5 Å². The molecule has 1 fully saturated rings. The molecule has 1 aliphatic rings. The number of esters is 1. The zero-order valence-corrected chi connectivity index (χ0v) is 13.6. The molecule has 0 unspecified atom stereocenters. The molecule has 2 rings (SSSR count). The maximum absolute atomic E-state index is 11.5. The summed E-state index contributed by atoms with van der Waals surface area (Å²) in [5.74, 6) is -0.00336. The maximum atomic E-state index is 11.5. The molecule has 0 atom stereocenters. The van der Waals surface area contributed by atoms with E-state index in [9.17, 15) is 4.79 Å². The molecule has 0 spiro atoms. The zero-order valence-electron chi connectivity index (χ0n) is 13.6. The SMILES string of the molecule is COC(=O)C1CCC(OCc2c(C)cc(C)cc2C)CC1. The van der Waals surface area contributed by atoms with Crippen molar-refractivity contribution in [3.05, 3.63) is 34.4 Å². The standard InChI is InChI=1S/C18H26O3/c1-12-9-13(2)17(14(3)10-12)11-21-16-7-5-15(6-8-16)18(19)20-4/h9-10,15-16H,5-8,11H2,1-4H3. The second kappa shape index (κ2) is 7.08. The van der Waals surface area contributed by atoms with E-state index >= 15 is 0 Å². The highest BCUT2D eigenvalue weighted by Gasteiger charge is 2.27. The second-order valence-electron chi connectivity index (χ2n) is 6.19. The quantitative estimate of drug-likeness (QED) is 0.790. The lowest BCUT2D eigenvalue weighted by Gasteiger charge is -2.27. The van der Waals surface area contributed by atoms with Gasteiger partial charge in [0.1, 0.15) is 0 Å². The Morgan fingerprint density at radius 1 is 1.10 bits per heavy atom. The number of hydrogen-bond acceptors (Lipinski definition) is 3. The first-order valence-electron chi connectivity index (χ1n) is 7.77. The van der Waals surface area contributed by atoms with Gasteiger partial charge in [-0.1, -0.05) is 17.7 Å². The smallest absolute Gasteiger partial charge is 0.308 e. The van der Waals surface area contributed by atoms with E-state index in [-0.39, 0.29) is 18.0 Å². The number of carbonyl (C=O) groups is 1. The Labute approximate surface area is 127 Å². The minimum Gasteiger partial charge on any atom is -0.469 e. The predicted octanol–water partition coefficient (Wildman–Crippen LogP) is 3.86. The molecule has 3 heteroatoms. The summed E-state index contributed by atoms with van der Waals surface area (Å²) in [6.07, 6.45) is 3.92. The van der Waals surface area contributed by atoms with E-state index in [1.807, 2.05) is 0 Å². The number of hydrogen-bond donors (Lipinski definition) is 0. The number of carbonyl (C=O) groups excluding carboxylic acids is 1. The fraction of sp³-hybridized carbons (Fsp3) is 0.611. The van der Waals surface area contributed by atoms with E-state index in [4.69, 9.17) is 9.47 Å². The third-order valence-corrected chi connectivity index (χ3v) is 4.51. The van der Waals surface area contributed by atoms with Gasteiger partial charge in [-0.2, -0.15) is 0 Å². The summed E-state index contributed by atoms with van der Waals surface area (Å²) in [5, 5.41) is 0. The fourth-order valence-corrected chi connectivity index (χ4v) is 3.27. The molecule has 3 nitrogen and oxygen atoms in total. The van der Waals surface area contributed by atoms with E-state index in [0.717, 1.165) is 25.7 Å². The lowest BCUT2D eigenvalue weighted by atomic mass is 9.87. The van der Waals surface area contributed by atoms with Gasteiger partial charge in [0.15, 0.2) is 0 Å². The van der Waals surface area contributed by atoms with Crippen LogP contribution in [0.3, 0.4) is 0 Å². The van der Waals surface area contributed by atoms with Crippen LogP contribution in [0.1, 0.15) is 47.9 Å². The average Bonchev–Trinajstić information content (AvgIpc) is 2.46. The summed E-state index contributed by atoms with van der Waals surface area (Å²) in [5.41, 5.74) is 5.20. The highest BCUT2D eigenvalue weighted by molar-refractivity contribution is 5.72. The van der Waals surface area contributed by atoms with E-state index < -0.39 is 0 Å². The van der Waals surface area contributed by atoms with Crippen LogP contribution in [0.15, 0.2) is 12.1 Å². The molecule has 1 aliphatic carbocycles. The average molecular weight is 290 g/mol. The normalized spacial score (nSPS) is 22.1. The first kappa shape index (κ1) is 16.0. The van der Waals surface area contributed by atoms with E-state index in [2.05, 4.69) is 32.9 Å². The van der Waals surface area contributed by atoms with E-state index in [1.165, 1.54) is 29.4 Å². The predicted molar refractivity (Wildman–Crippen MR) is 83.2 cm³/mol. The van der Waals surface area contributed by atoms with Gasteiger partial charge in [0.05, 0.1) is 25.7 Å². The molecule has 0 heterocycles. The molecule has 1 saturated carbocycles. The third-order valence-electron chi connectivity index (χ3n) is 4.51. The number of benzene rings is 1. The van der Waals surface area contributed by atoms with Crippen LogP contribution < -0.4 is 0 Å². The van der Waals surface area contributed by atoms with E-state index in [1.54, 1.807) is 0 Å². The third kappa shape index (κ3) is 4.07. The second-order valence-corrected chi connectivity index (χ2v) is 6.19. The van der Waals surface area contributed by atoms with Gasteiger partial charge in [-0.3, -0.25) is 4.79 Å². The Bertz CT molecular complexity index is 476. The van der Waals surface area contributed by atoms with Gasteiger partial charge in [-0.15, -0.1) is 0 Å². The maximum Gasteiger partial charge on any atom is 0.308 e. The fourth-order valence-electron chi connectivity index (χ4n) is 3.27. The van der Waals surface area contributed by atoms with Crippen LogP contribution in [0.2, 0.25) is 0 Å². The van der Waals surface area contributed by atoms with Crippen molar-refractivity contribution in [2.45, 2.75) is 59.2 Å². The molecule has 0 radical (unpaired) electrons. The molecule has 1 aromatic carbocycles. The Balaban J connectivity index is 1.87. The minimum absolute atomic E-state index is 0.0673. The van der Waals surface area contributed by atoms with Crippen molar-refractivity contribution in [3.63, 3.8) is 0 Å². The molecule has 21 heavy (non-hydrogen) atoms. The first-order chi connectivity index (χ1) is 10.0. The summed E-state index contributed by atoms with van der Waals surface area (Å²) >= 11 is 0. The number of ether oxygens (including phenoxy) is 2. The summed E-state index contributed by atoms with van der Waals surface area (Å²) < 4.78 is 10.9. The highest BCUT2D eigenvalue weighted by atomic mass is 16.5. The van der Waals surface area contributed by atoms with Gasteiger partial charge in [-0.25, -0.2) is 0 Å². The van der Waals surface area contributed by atoms with Crippen molar-refractivity contribution < 1.29 is 14.3 Å². The van der Waals surface area contributed by atoms with Crippen LogP contribution in [0.5, 0.6) is 0 Å². The number of methoxy groups -OCH3 is 1. The summed E-state index contributed by atoms with van der Waals surface area (Å²) in [4.78, 5) is 11.5. The Hall–Kier alpha value is -1.35. The van der Waals surface area contributed by atoms with Gasteiger partial charge >= 0.3 is 5.97 Å². The number of aryl methyl sites for hydroxylation is 3. The molecule has 116 valence electrons. The zero-order chi connectivity index (χ0) is 15.4. The van der Waals surface area contributed by atoms with Crippen molar-refractivity contribution in [1.82, 2.24) is 0 Å². The minimum atomic E-state index is -0.0707. The Morgan fingerprint density at radius 3 is 2.19 bits per heavy atom. The van der Waals surface area contributed by atoms with Gasteiger partial charge in [0.25, 0.3) is 0 Å². The molecule has 0 aromatic heterocycles. The summed E-state index contributed by atoms with van der Waals surface area (Å²) in [6.45, 7) is 7.09. The Kier molecular flexibility index (Phi) is 5.40. The van der Waals surface area contributed by atoms with Crippen LogP contribution in [-0.2, 0) is 20.9 Å². The van der Waals surface area contributed by atoms with Gasteiger partial charge in [0, 0.05) is 0 Å². The summed E-state index contributed by atoms with van der Waals surface area (Å²) in [6, 6.07) is 4.42. The number of rotatable bonds is 4. The van der Waals surface area contributed by atoms with Crippen LogP contribution >= 0.6 is 0 Å². The lowest BCUT2D eigenvalue weighted by Crippen LogP contribution is -2.27. The molecular formula is C18H26O3. The van der Waals surface area contributed by atoms with Crippen molar-refractivity contribution in [2.75, 3.05) is 7.11 Å². The molecule has 0 saturated heterocycles. The monoisotopic (exact) mass is 290 g/mol. The van der Waals surface area contributed by atoms with Crippen molar-refractivity contribution in [1.29, 1.82) is 0 Å². The molecule has 0 aliphatic heterocycles. The first-order valence-corrected chi connectivity index (χ1v) is 7.77. The summed E-state index contributed by atoms with van der Waals surface area (Å²) in [7, 11) is 1.47. The van der Waals surface area contributed by atoms with Crippen molar-refractivity contribution >= 4 is 5.97 Å².